The first-order valence-electron chi connectivity index (χ1n) is 8.43. The molecule has 0 radical (unpaired) electrons. The van der Waals surface area contributed by atoms with Gasteiger partial charge in [-0.15, -0.1) is 0 Å². The third-order valence-corrected chi connectivity index (χ3v) is 5.22. The van der Waals surface area contributed by atoms with Crippen molar-refractivity contribution in [3.63, 3.8) is 0 Å². The van der Waals surface area contributed by atoms with Gasteiger partial charge in [-0.1, -0.05) is 6.07 Å². The Hall–Kier alpha value is -3.17. The first-order valence-corrected chi connectivity index (χ1v) is 9.87. The van der Waals surface area contributed by atoms with Gasteiger partial charge >= 0.3 is 0 Å². The van der Waals surface area contributed by atoms with E-state index in [1.165, 1.54) is 29.3 Å². The Bertz CT molecular complexity index is 1090. The fraction of sp³-hybridized carbons (Fsp3) is 0.158. The smallest absolute Gasteiger partial charge is 0.294 e. The molecular formula is C19H20N4O4S. The van der Waals surface area contributed by atoms with Gasteiger partial charge < -0.3 is 10.6 Å². The van der Waals surface area contributed by atoms with E-state index in [4.69, 9.17) is 4.55 Å². The summed E-state index contributed by atoms with van der Waals surface area (Å²) in [7, 11) is -0.663. The van der Waals surface area contributed by atoms with Crippen molar-refractivity contribution in [1.82, 2.24) is 0 Å². The molecule has 9 heteroatoms. The molecule has 1 aliphatic heterocycles. The normalized spacial score (nSPS) is 15.7. The number of nitrogens with one attached hydrogen (secondary N) is 2. The molecule has 28 heavy (non-hydrogen) atoms. The molecule has 0 saturated carbocycles. The quantitative estimate of drug-likeness (QED) is 0.526. The van der Waals surface area contributed by atoms with Crippen molar-refractivity contribution in [2.24, 2.45) is 5.10 Å². The molecule has 2 aromatic carbocycles. The van der Waals surface area contributed by atoms with Crippen molar-refractivity contribution in [3.8, 4) is 0 Å². The number of nitrogens with zero attached hydrogens (tertiary/aromatic N) is 2. The highest BCUT2D eigenvalue weighted by Crippen LogP contribution is 2.28. The third-order valence-electron chi connectivity index (χ3n) is 4.35. The van der Waals surface area contributed by atoms with Crippen LogP contribution in [0.3, 0.4) is 0 Å². The minimum Gasteiger partial charge on any atom is -0.388 e. The van der Waals surface area contributed by atoms with Gasteiger partial charge in [0.15, 0.2) is 0 Å². The second kappa shape index (κ2) is 7.45. The molecule has 8 nitrogen and oxygen atoms in total. The summed E-state index contributed by atoms with van der Waals surface area (Å²) in [5.74, 6) is -0.322. The van der Waals surface area contributed by atoms with E-state index in [2.05, 4.69) is 15.7 Å². The van der Waals surface area contributed by atoms with Gasteiger partial charge in [-0.3, -0.25) is 9.35 Å². The Balaban J connectivity index is 1.94. The Morgan fingerprint density at radius 1 is 1.07 bits per heavy atom. The van der Waals surface area contributed by atoms with Gasteiger partial charge in [0.1, 0.15) is 0 Å². The summed E-state index contributed by atoms with van der Waals surface area (Å²) in [6, 6.07) is 11.0. The highest BCUT2D eigenvalue weighted by atomic mass is 32.2. The molecule has 0 unspecified atom stereocenters. The van der Waals surface area contributed by atoms with Crippen LogP contribution in [-0.4, -0.2) is 38.7 Å². The minimum atomic E-state index is -4.30. The highest BCUT2D eigenvalue weighted by Gasteiger charge is 2.29. The molecule has 0 spiro atoms. The van der Waals surface area contributed by atoms with Crippen LogP contribution >= 0.6 is 0 Å². The van der Waals surface area contributed by atoms with E-state index in [1.807, 2.05) is 25.2 Å². The highest BCUT2D eigenvalue weighted by molar-refractivity contribution is 7.85. The zero-order chi connectivity index (χ0) is 20.5. The Morgan fingerprint density at radius 2 is 1.75 bits per heavy atom. The summed E-state index contributed by atoms with van der Waals surface area (Å²) in [6.45, 7) is 1.73. The largest absolute Gasteiger partial charge is 0.388 e. The van der Waals surface area contributed by atoms with Crippen LogP contribution in [0.4, 0.5) is 17.1 Å². The molecule has 0 aliphatic carbocycles. The van der Waals surface area contributed by atoms with Crippen LogP contribution in [0.1, 0.15) is 12.5 Å². The van der Waals surface area contributed by atoms with Gasteiger partial charge in [0.25, 0.3) is 16.0 Å². The summed E-state index contributed by atoms with van der Waals surface area (Å²) in [4.78, 5) is 12.6. The van der Waals surface area contributed by atoms with Crippen molar-refractivity contribution < 1.29 is 17.8 Å². The lowest BCUT2D eigenvalue weighted by molar-refractivity contribution is -0.114. The molecule has 0 aromatic heterocycles. The van der Waals surface area contributed by atoms with Gasteiger partial charge in [0.2, 0.25) is 0 Å². The molecule has 2 aromatic rings. The van der Waals surface area contributed by atoms with E-state index in [0.717, 1.165) is 16.9 Å². The lowest BCUT2D eigenvalue weighted by Gasteiger charge is -2.12. The van der Waals surface area contributed by atoms with Gasteiger partial charge in [-0.25, -0.2) is 0 Å². The van der Waals surface area contributed by atoms with Crippen molar-refractivity contribution in [1.29, 1.82) is 0 Å². The van der Waals surface area contributed by atoms with E-state index in [9.17, 15) is 13.2 Å². The first kappa shape index (κ1) is 19.6. The van der Waals surface area contributed by atoms with Crippen molar-refractivity contribution in [2.45, 2.75) is 11.8 Å². The van der Waals surface area contributed by atoms with E-state index >= 15 is 0 Å². The Morgan fingerprint density at radius 3 is 2.32 bits per heavy atom. The molecular weight excluding hydrogens is 380 g/mol. The maximum absolute atomic E-state index is 12.9. The van der Waals surface area contributed by atoms with Crippen LogP contribution in [0.2, 0.25) is 0 Å². The first-order chi connectivity index (χ1) is 13.2. The predicted octanol–water partition coefficient (Wildman–Crippen LogP) is 2.82. The number of anilines is 3. The Kier molecular flexibility index (Phi) is 5.21. The van der Waals surface area contributed by atoms with Crippen molar-refractivity contribution >= 4 is 44.9 Å². The van der Waals surface area contributed by atoms with Gasteiger partial charge in [0, 0.05) is 25.5 Å². The van der Waals surface area contributed by atoms with Crippen LogP contribution in [0.15, 0.2) is 58.0 Å². The molecule has 0 bridgehead atoms. The zero-order valence-electron chi connectivity index (χ0n) is 15.6. The SMILES string of the molecule is CNc1ccc(C=C2C(=O)N(c3ccc(S(=O)(=O)O)cc3)N=C2C)c(NC)c1. The van der Waals surface area contributed by atoms with Crippen LogP contribution < -0.4 is 15.6 Å². The summed E-state index contributed by atoms with van der Waals surface area (Å²) in [5.41, 5.74) is 4.02. The standard InChI is InChI=1S/C19H20N4O4S/c1-12-17(10-13-4-5-14(20-2)11-18(13)21-3)19(24)23(22-12)15-6-8-16(9-7-15)28(25,26)27/h4-11,20-21H,1-3H3,(H,25,26,27). The second-order valence-corrected chi connectivity index (χ2v) is 7.55. The monoisotopic (exact) mass is 400 g/mol. The molecule has 0 saturated heterocycles. The number of amides is 1. The maximum Gasteiger partial charge on any atom is 0.294 e. The summed E-state index contributed by atoms with van der Waals surface area (Å²) in [6.07, 6.45) is 1.76. The predicted molar refractivity (Wildman–Crippen MR) is 110 cm³/mol. The molecule has 0 atom stereocenters. The van der Waals surface area contributed by atoms with E-state index < -0.39 is 10.1 Å². The average Bonchev–Trinajstić information content (AvgIpc) is 2.96. The van der Waals surface area contributed by atoms with Crippen LogP contribution in [0.25, 0.3) is 6.08 Å². The van der Waals surface area contributed by atoms with E-state index in [0.29, 0.717) is 17.0 Å². The fourth-order valence-corrected chi connectivity index (χ4v) is 3.31. The molecule has 146 valence electrons. The summed E-state index contributed by atoms with van der Waals surface area (Å²) in [5, 5.41) is 11.7. The topological polar surface area (TPSA) is 111 Å². The van der Waals surface area contributed by atoms with Gasteiger partial charge in [-0.05, 0) is 55.0 Å². The number of hydrazone groups is 1. The maximum atomic E-state index is 12.9. The number of hydrogen-bond donors (Lipinski definition) is 3. The minimum absolute atomic E-state index is 0.248. The average molecular weight is 400 g/mol. The second-order valence-electron chi connectivity index (χ2n) is 6.13. The molecule has 0 fully saturated rings. The third kappa shape index (κ3) is 3.75. The molecule has 1 aliphatic rings. The number of benzene rings is 2. The van der Waals surface area contributed by atoms with Gasteiger partial charge in [0.05, 0.1) is 21.9 Å². The Labute approximate surface area is 163 Å². The van der Waals surface area contributed by atoms with Crippen LogP contribution in [0, 0.1) is 0 Å². The molecule has 1 amide bonds. The fourth-order valence-electron chi connectivity index (χ4n) is 2.83. The number of carbonyl (C=O) groups is 1. The molecule has 3 rings (SSSR count). The lowest BCUT2D eigenvalue weighted by atomic mass is 10.0. The number of carbonyl (C=O) groups excluding carboxylic acids is 1. The van der Waals surface area contributed by atoms with Crippen molar-refractivity contribution in [2.75, 3.05) is 29.7 Å². The van der Waals surface area contributed by atoms with Crippen LogP contribution in [-0.2, 0) is 14.9 Å². The van der Waals surface area contributed by atoms with E-state index in [-0.39, 0.29) is 10.8 Å². The summed E-state index contributed by atoms with van der Waals surface area (Å²) >= 11 is 0. The zero-order valence-corrected chi connectivity index (χ0v) is 16.4. The van der Waals surface area contributed by atoms with Crippen LogP contribution in [0.5, 0.6) is 0 Å². The van der Waals surface area contributed by atoms with E-state index in [1.54, 1.807) is 20.0 Å². The number of rotatable bonds is 5. The number of hydrogen-bond acceptors (Lipinski definition) is 6. The van der Waals surface area contributed by atoms with Crippen molar-refractivity contribution in [3.05, 3.63) is 53.6 Å². The summed E-state index contributed by atoms with van der Waals surface area (Å²) < 4.78 is 31.4. The van der Waals surface area contributed by atoms with Gasteiger partial charge in [-0.2, -0.15) is 18.5 Å². The lowest BCUT2D eigenvalue weighted by Crippen LogP contribution is -2.21. The molecule has 1 heterocycles. The molecule has 3 N–H and O–H groups in total.